The second-order valence-electron chi connectivity index (χ2n) is 0.466. The van der Waals surface area contributed by atoms with Crippen LogP contribution in [0.2, 0.25) is 0 Å². The van der Waals surface area contributed by atoms with Gasteiger partial charge in [-0.05, 0) is 0 Å². The van der Waals surface area contributed by atoms with E-state index in [9.17, 15) is 4.79 Å². The van der Waals surface area contributed by atoms with Crippen molar-refractivity contribution in [1.82, 2.24) is 0 Å². The number of carbonyl (C=O) groups is 1. The molecule has 0 bridgehead atoms. The van der Waals surface area contributed by atoms with Gasteiger partial charge in [0.05, 0.1) is 0 Å². The minimum atomic E-state index is -0.208. The molecular formula is C3H6NOZn. The van der Waals surface area contributed by atoms with Crippen LogP contribution in [0.25, 0.3) is 0 Å². The van der Waals surface area contributed by atoms with E-state index >= 15 is 0 Å². The average Bonchev–Trinajstić information content (AvgIpc) is 1.41. The maximum atomic E-state index is 9.28. The number of rotatable bonds is 0. The fourth-order valence-corrected chi connectivity index (χ4v) is 0. The molecule has 3 heteroatoms. The number of hydrogen-bond donors (Lipinski definition) is 1. The Morgan fingerprint density at radius 1 is 1.67 bits per heavy atom. The number of primary amides is 1. The summed E-state index contributed by atoms with van der Waals surface area (Å²) in [5.41, 5.74) is 4.53. The third kappa shape index (κ3) is 1110. The number of nitrogens with two attached hydrogens (primary N) is 1. The molecule has 0 spiro atoms. The van der Waals surface area contributed by atoms with Crippen molar-refractivity contribution in [2.45, 2.75) is 0 Å². The zero-order chi connectivity index (χ0) is 5.58. The van der Waals surface area contributed by atoms with Gasteiger partial charge in [0.15, 0.2) is 0 Å². The third-order valence-corrected chi connectivity index (χ3v) is 0. The predicted molar refractivity (Wildman–Crippen MR) is 20.8 cm³/mol. The van der Waals surface area contributed by atoms with Crippen molar-refractivity contribution in [2.75, 3.05) is 0 Å². The molecule has 31 valence electrons. The van der Waals surface area contributed by atoms with Gasteiger partial charge in [-0.15, -0.1) is 13.2 Å². The molecule has 0 aliphatic carbocycles. The maximum absolute atomic E-state index is 9.28. The van der Waals surface area contributed by atoms with E-state index in [1.54, 1.807) is 0 Å². The van der Waals surface area contributed by atoms with Gasteiger partial charge in [-0.1, -0.05) is 0 Å². The molecular weight excluding hydrogens is 131 g/mol. The van der Waals surface area contributed by atoms with Crippen LogP contribution in [0.15, 0.2) is 13.2 Å². The first-order valence-corrected chi connectivity index (χ1v) is 2.83. The van der Waals surface area contributed by atoms with E-state index in [1.165, 1.54) is 0 Å². The molecule has 0 aromatic rings. The first kappa shape index (κ1) is 9.27. The molecule has 2 nitrogen and oxygen atoms in total. The Morgan fingerprint density at radius 3 is 1.67 bits per heavy atom. The monoisotopic (exact) mass is 136 g/mol. The quantitative estimate of drug-likeness (QED) is 0.382. The summed E-state index contributed by atoms with van der Waals surface area (Å²) in [6.07, 6.45) is 0. The van der Waals surface area contributed by atoms with E-state index in [-0.39, 0.29) is 4.50 Å². The van der Waals surface area contributed by atoms with Gasteiger partial charge in [0.2, 0.25) is 0 Å². The molecule has 0 aliphatic heterocycles. The minimum absolute atomic E-state index is 0.208. The molecule has 0 atom stereocenters. The second-order valence-corrected chi connectivity index (χ2v) is 1.93. The fraction of sp³-hybridized carbons (Fsp3) is 0. The van der Waals surface area contributed by atoms with Crippen LogP contribution in [0.1, 0.15) is 0 Å². The summed E-state index contributed by atoms with van der Waals surface area (Å²) in [6.45, 7) is 6.00. The van der Waals surface area contributed by atoms with Gasteiger partial charge in [0.1, 0.15) is 0 Å². The molecule has 0 saturated heterocycles. The first-order chi connectivity index (χ1) is 2.73. The van der Waals surface area contributed by atoms with Crippen LogP contribution in [0.3, 0.4) is 0 Å². The Bertz CT molecular complexity index is 42.1. The Hall–Kier alpha value is -0.167. The molecule has 2 N–H and O–H groups in total. The normalized spacial score (nSPS) is 5.00. The van der Waals surface area contributed by atoms with Crippen LogP contribution in [0, 0.1) is 0 Å². The van der Waals surface area contributed by atoms with E-state index in [0.29, 0.717) is 18.3 Å². The summed E-state index contributed by atoms with van der Waals surface area (Å²) in [6, 6.07) is 0. The fourth-order valence-electron chi connectivity index (χ4n) is 0. The molecule has 0 radical (unpaired) electrons. The van der Waals surface area contributed by atoms with Crippen molar-refractivity contribution >= 4 is 4.50 Å². The Morgan fingerprint density at radius 2 is 1.67 bits per heavy atom. The molecule has 0 aromatic heterocycles. The molecule has 0 fully saturated rings. The summed E-state index contributed by atoms with van der Waals surface area (Å²) in [7, 11) is 0. The molecule has 0 heterocycles. The number of carbonyl (C=O) groups excluding carboxylic acids is 1. The van der Waals surface area contributed by atoms with Crippen LogP contribution >= 0.6 is 0 Å². The first-order valence-electron chi connectivity index (χ1n) is 1.35. The van der Waals surface area contributed by atoms with Crippen molar-refractivity contribution in [3.63, 3.8) is 0 Å². The zero-order valence-corrected chi connectivity index (χ0v) is 6.57. The average molecular weight is 137 g/mol. The van der Waals surface area contributed by atoms with E-state index in [2.05, 4.69) is 18.9 Å². The van der Waals surface area contributed by atoms with Gasteiger partial charge in [0, 0.05) is 0 Å². The predicted octanol–water partition coefficient (Wildman–Crippen LogP) is 0.414. The van der Waals surface area contributed by atoms with Crippen molar-refractivity contribution in [3.05, 3.63) is 13.2 Å². The molecule has 0 unspecified atom stereocenters. The number of amides is 1. The zero-order valence-electron chi connectivity index (χ0n) is 3.61. The summed E-state index contributed by atoms with van der Waals surface area (Å²) in [4.78, 5) is 9.28. The molecule has 0 aliphatic rings. The van der Waals surface area contributed by atoms with Crippen LogP contribution in [-0.2, 0) is 18.3 Å². The third-order valence-electron chi connectivity index (χ3n) is 0. The summed E-state index contributed by atoms with van der Waals surface area (Å²) >= 11 is 0.569. The van der Waals surface area contributed by atoms with E-state index in [4.69, 9.17) is 0 Å². The van der Waals surface area contributed by atoms with Crippen LogP contribution in [0.4, 0.5) is 4.79 Å². The second kappa shape index (κ2) is 8.85. The van der Waals surface area contributed by atoms with Gasteiger partial charge in [0.25, 0.3) is 0 Å². The molecule has 0 rings (SSSR count). The van der Waals surface area contributed by atoms with Crippen molar-refractivity contribution < 1.29 is 23.1 Å². The van der Waals surface area contributed by atoms with Gasteiger partial charge in [-0.2, -0.15) is 0 Å². The van der Waals surface area contributed by atoms with Crippen molar-refractivity contribution in [1.29, 1.82) is 0 Å². The molecule has 0 aromatic carbocycles. The van der Waals surface area contributed by atoms with Crippen LogP contribution < -0.4 is 5.73 Å². The van der Waals surface area contributed by atoms with Gasteiger partial charge in [-0.3, -0.25) is 0 Å². The topological polar surface area (TPSA) is 43.1 Å². The van der Waals surface area contributed by atoms with Crippen LogP contribution in [0.5, 0.6) is 0 Å². The Balaban J connectivity index is 0. The van der Waals surface area contributed by atoms with Gasteiger partial charge in [-0.25, -0.2) is 0 Å². The SMILES string of the molecule is C=C.N[C](=O)[Zn]. The van der Waals surface area contributed by atoms with Crippen molar-refractivity contribution in [2.24, 2.45) is 5.73 Å². The standard InChI is InChI=1S/C2H4.CH2NO.Zn/c1-2;2-1-3;/h1-2H2;(H2,2,3);. The van der Waals surface area contributed by atoms with Crippen LogP contribution in [-0.4, -0.2) is 4.50 Å². The molecule has 0 saturated carbocycles. The van der Waals surface area contributed by atoms with Crippen molar-refractivity contribution in [3.8, 4) is 0 Å². The van der Waals surface area contributed by atoms with Gasteiger partial charge >= 0.3 is 33.3 Å². The summed E-state index contributed by atoms with van der Waals surface area (Å²) in [5, 5.41) is 0. The molecule has 6 heavy (non-hydrogen) atoms. The number of hydrogen-bond acceptors (Lipinski definition) is 1. The molecule has 1 amide bonds. The Kier molecular flexibility index (Phi) is 13.7. The van der Waals surface area contributed by atoms with E-state index in [1.807, 2.05) is 0 Å². The van der Waals surface area contributed by atoms with E-state index < -0.39 is 0 Å². The Labute approximate surface area is 47.1 Å². The van der Waals surface area contributed by atoms with Gasteiger partial charge < -0.3 is 0 Å². The summed E-state index contributed by atoms with van der Waals surface area (Å²) in [5.74, 6) is 0. The summed E-state index contributed by atoms with van der Waals surface area (Å²) < 4.78 is -0.208. The van der Waals surface area contributed by atoms with E-state index in [0.717, 1.165) is 0 Å².